The van der Waals surface area contributed by atoms with Gasteiger partial charge in [-0.2, -0.15) is 18.2 Å². The standard InChI is InChI=1S/C33H38F3N5O6/c1-19(2)26(28(42)30-37-25(40-47-30)17-22-12-8-13-23(16-22)33(34,35)36)38-29(43)24-14-9-15-41(24)31(44)27(20(3)4)39-32(45)46-18-21-10-6-5-7-11-21/h5-8,10-13,16,19-20,24,26-27H,9,14-15,17-18H2,1-4H3,(H,38,43)(H,39,45). The van der Waals surface area contributed by atoms with Crippen molar-refractivity contribution in [2.45, 2.75) is 77.9 Å². The minimum absolute atomic E-state index is 0.00333. The number of ether oxygens (including phenoxy) is 1. The van der Waals surface area contributed by atoms with Gasteiger partial charge in [0.2, 0.25) is 17.6 Å². The van der Waals surface area contributed by atoms with Gasteiger partial charge in [0.05, 0.1) is 11.6 Å². The number of rotatable bonds is 12. The summed E-state index contributed by atoms with van der Waals surface area (Å²) in [7, 11) is 0. The Morgan fingerprint density at radius 1 is 0.957 bits per heavy atom. The highest BCUT2D eigenvalue weighted by Gasteiger charge is 2.41. The van der Waals surface area contributed by atoms with Crippen molar-refractivity contribution in [2.24, 2.45) is 11.8 Å². The average molecular weight is 658 g/mol. The van der Waals surface area contributed by atoms with Gasteiger partial charge in [-0.15, -0.1) is 0 Å². The first-order valence-electron chi connectivity index (χ1n) is 15.4. The summed E-state index contributed by atoms with van der Waals surface area (Å²) in [5, 5.41) is 9.10. The first-order valence-corrected chi connectivity index (χ1v) is 15.4. The van der Waals surface area contributed by atoms with Gasteiger partial charge in [0.25, 0.3) is 5.89 Å². The van der Waals surface area contributed by atoms with Crippen molar-refractivity contribution in [1.29, 1.82) is 0 Å². The second kappa shape index (κ2) is 15.2. The van der Waals surface area contributed by atoms with Gasteiger partial charge in [-0.05, 0) is 41.9 Å². The van der Waals surface area contributed by atoms with E-state index in [2.05, 4.69) is 20.8 Å². The molecule has 3 unspecified atom stereocenters. The first kappa shape index (κ1) is 35.1. The lowest BCUT2D eigenvalue weighted by atomic mass is 9.98. The molecule has 2 N–H and O–H groups in total. The number of likely N-dealkylation sites (tertiary alicyclic amines) is 1. The lowest BCUT2D eigenvalue weighted by Crippen LogP contribution is -2.57. The Bertz CT molecular complexity index is 1560. The Hall–Kier alpha value is -4.75. The Balaban J connectivity index is 1.40. The van der Waals surface area contributed by atoms with Gasteiger partial charge in [-0.25, -0.2) is 4.79 Å². The molecule has 3 atom stereocenters. The summed E-state index contributed by atoms with van der Waals surface area (Å²) < 4.78 is 49.7. The molecule has 1 fully saturated rings. The molecule has 0 bridgehead atoms. The molecule has 3 amide bonds. The maximum absolute atomic E-state index is 13.6. The number of carbonyl (C=O) groups is 4. The molecule has 4 rings (SSSR count). The number of alkyl halides is 3. The van der Waals surface area contributed by atoms with Gasteiger partial charge in [-0.3, -0.25) is 14.4 Å². The van der Waals surface area contributed by atoms with E-state index in [-0.39, 0.29) is 36.9 Å². The predicted octanol–water partition coefficient (Wildman–Crippen LogP) is 4.94. The third-order valence-corrected chi connectivity index (χ3v) is 7.80. The van der Waals surface area contributed by atoms with Crippen LogP contribution in [-0.4, -0.2) is 63.4 Å². The molecule has 1 saturated heterocycles. The van der Waals surface area contributed by atoms with Gasteiger partial charge in [0.15, 0.2) is 5.82 Å². The van der Waals surface area contributed by atoms with Gasteiger partial charge in [0, 0.05) is 13.0 Å². The molecule has 14 heteroatoms. The quantitative estimate of drug-likeness (QED) is 0.261. The number of benzene rings is 2. The lowest BCUT2D eigenvalue weighted by molar-refractivity contribution is -0.141. The van der Waals surface area contributed by atoms with Gasteiger partial charge < -0.3 is 24.8 Å². The number of amides is 3. The van der Waals surface area contributed by atoms with E-state index in [4.69, 9.17) is 9.26 Å². The molecule has 11 nitrogen and oxygen atoms in total. The van der Waals surface area contributed by atoms with Crippen molar-refractivity contribution in [1.82, 2.24) is 25.7 Å². The number of aromatic nitrogens is 2. The number of halogens is 3. The number of hydrogen-bond acceptors (Lipinski definition) is 8. The summed E-state index contributed by atoms with van der Waals surface area (Å²) in [5.41, 5.74) is 0.237. The zero-order valence-corrected chi connectivity index (χ0v) is 26.5. The topological polar surface area (TPSA) is 144 Å². The molecular weight excluding hydrogens is 619 g/mol. The van der Waals surface area contributed by atoms with E-state index in [1.165, 1.54) is 17.0 Å². The molecular formula is C33H38F3N5O6. The SMILES string of the molecule is CC(C)C(NC(=O)C1CCCN1C(=O)C(NC(=O)OCc1ccccc1)C(C)C)C(=O)c1nc(Cc2cccc(C(F)(F)F)c2)no1. The second-order valence-electron chi connectivity index (χ2n) is 12.1. The number of Topliss-reactive ketones (excluding diaryl/α,β-unsaturated/α-hetero) is 1. The minimum Gasteiger partial charge on any atom is -0.445 e. The summed E-state index contributed by atoms with van der Waals surface area (Å²) in [6.07, 6.45) is -4.50. The zero-order chi connectivity index (χ0) is 34.3. The molecule has 1 aromatic heterocycles. The van der Waals surface area contributed by atoms with E-state index in [0.717, 1.165) is 17.7 Å². The summed E-state index contributed by atoms with van der Waals surface area (Å²) >= 11 is 0. The number of alkyl carbamates (subject to hydrolysis) is 1. The number of nitrogens with zero attached hydrogens (tertiary/aromatic N) is 3. The summed E-state index contributed by atoms with van der Waals surface area (Å²) in [6.45, 7) is 7.26. The van der Waals surface area contributed by atoms with Crippen molar-refractivity contribution in [3.05, 3.63) is 83.0 Å². The molecule has 0 saturated carbocycles. The number of hydrogen-bond donors (Lipinski definition) is 2. The van der Waals surface area contributed by atoms with Crippen molar-refractivity contribution in [3.8, 4) is 0 Å². The van der Waals surface area contributed by atoms with Crippen LogP contribution in [0.15, 0.2) is 59.1 Å². The van der Waals surface area contributed by atoms with Crippen LogP contribution in [0.5, 0.6) is 0 Å². The van der Waals surface area contributed by atoms with Crippen molar-refractivity contribution in [2.75, 3.05) is 6.54 Å². The summed E-state index contributed by atoms with van der Waals surface area (Å²) in [4.78, 5) is 58.6. The fourth-order valence-corrected chi connectivity index (χ4v) is 5.27. The third-order valence-electron chi connectivity index (χ3n) is 7.80. The monoisotopic (exact) mass is 657 g/mol. The molecule has 252 valence electrons. The normalized spacial score (nSPS) is 16.2. The Morgan fingerprint density at radius 3 is 2.30 bits per heavy atom. The van der Waals surface area contributed by atoms with Gasteiger partial charge in [0.1, 0.15) is 18.7 Å². The molecule has 47 heavy (non-hydrogen) atoms. The predicted molar refractivity (Wildman–Crippen MR) is 163 cm³/mol. The molecule has 2 heterocycles. The summed E-state index contributed by atoms with van der Waals surface area (Å²) in [6, 6.07) is 10.8. The van der Waals surface area contributed by atoms with Crippen LogP contribution in [0.1, 0.15) is 73.7 Å². The Morgan fingerprint density at radius 2 is 1.64 bits per heavy atom. The van der Waals surface area contributed by atoms with Crippen LogP contribution >= 0.6 is 0 Å². The van der Waals surface area contributed by atoms with Crippen LogP contribution in [0.2, 0.25) is 0 Å². The molecule has 3 aromatic rings. The molecule has 0 spiro atoms. The van der Waals surface area contributed by atoms with E-state index in [1.807, 2.05) is 18.2 Å². The van der Waals surface area contributed by atoms with E-state index < -0.39 is 65.4 Å². The number of nitrogens with one attached hydrogen (secondary N) is 2. The van der Waals surface area contributed by atoms with Crippen LogP contribution in [-0.2, 0) is 33.5 Å². The fraction of sp³-hybridized carbons (Fsp3) is 0.455. The summed E-state index contributed by atoms with van der Waals surface area (Å²) in [5.74, 6) is -2.80. The second-order valence-corrected chi connectivity index (χ2v) is 12.1. The van der Waals surface area contributed by atoms with Crippen molar-refractivity contribution in [3.63, 3.8) is 0 Å². The maximum Gasteiger partial charge on any atom is 0.416 e. The molecule has 1 aliphatic heterocycles. The molecule has 1 aliphatic rings. The van der Waals surface area contributed by atoms with E-state index in [0.29, 0.717) is 12.8 Å². The van der Waals surface area contributed by atoms with Crippen LogP contribution < -0.4 is 10.6 Å². The Labute approximate surface area is 270 Å². The highest BCUT2D eigenvalue weighted by molar-refractivity contribution is 6.00. The molecule has 0 radical (unpaired) electrons. The van der Waals surface area contributed by atoms with Crippen LogP contribution in [0, 0.1) is 11.8 Å². The smallest absolute Gasteiger partial charge is 0.416 e. The Kier molecular flexibility index (Phi) is 11.4. The highest BCUT2D eigenvalue weighted by atomic mass is 19.4. The number of carbonyl (C=O) groups excluding carboxylic acids is 4. The van der Waals surface area contributed by atoms with E-state index in [9.17, 15) is 32.3 Å². The largest absolute Gasteiger partial charge is 0.445 e. The van der Waals surface area contributed by atoms with Crippen molar-refractivity contribution < 1.29 is 41.6 Å². The van der Waals surface area contributed by atoms with Crippen molar-refractivity contribution >= 4 is 23.7 Å². The maximum atomic E-state index is 13.6. The van der Waals surface area contributed by atoms with Crippen LogP contribution in [0.3, 0.4) is 0 Å². The minimum atomic E-state index is -4.52. The molecule has 0 aliphatic carbocycles. The molecule has 2 aromatic carbocycles. The lowest BCUT2D eigenvalue weighted by Gasteiger charge is -2.31. The van der Waals surface area contributed by atoms with Crippen LogP contribution in [0.25, 0.3) is 0 Å². The first-order chi connectivity index (χ1) is 22.2. The van der Waals surface area contributed by atoms with Crippen LogP contribution in [0.4, 0.5) is 18.0 Å². The van der Waals surface area contributed by atoms with E-state index >= 15 is 0 Å². The average Bonchev–Trinajstić information content (AvgIpc) is 3.71. The third kappa shape index (κ3) is 9.17. The number of ketones is 1. The zero-order valence-electron chi connectivity index (χ0n) is 26.5. The fourth-order valence-electron chi connectivity index (χ4n) is 5.27. The van der Waals surface area contributed by atoms with Gasteiger partial charge in [-0.1, -0.05) is 81.4 Å². The highest BCUT2D eigenvalue weighted by Crippen LogP contribution is 2.30. The van der Waals surface area contributed by atoms with E-state index in [1.54, 1.807) is 39.8 Å². The van der Waals surface area contributed by atoms with Gasteiger partial charge >= 0.3 is 12.3 Å².